The van der Waals surface area contributed by atoms with E-state index in [4.69, 9.17) is 0 Å². The van der Waals surface area contributed by atoms with Crippen LogP contribution >= 0.6 is 27.3 Å². The average Bonchev–Trinajstić information content (AvgIpc) is 2.55. The zero-order valence-corrected chi connectivity index (χ0v) is 12.2. The number of thiophene rings is 1. The summed E-state index contributed by atoms with van der Waals surface area (Å²) in [6, 6.07) is 2.32. The smallest absolute Gasteiger partial charge is 0.0704 e. The van der Waals surface area contributed by atoms with Gasteiger partial charge in [-0.1, -0.05) is 39.5 Å². The van der Waals surface area contributed by atoms with Gasteiger partial charge in [-0.25, -0.2) is 0 Å². The lowest BCUT2D eigenvalue weighted by Gasteiger charge is -2.02. The molecule has 0 bridgehead atoms. The van der Waals surface area contributed by atoms with E-state index in [9.17, 15) is 0 Å². The fourth-order valence-corrected chi connectivity index (χ4v) is 3.72. The summed E-state index contributed by atoms with van der Waals surface area (Å²) in [5.74, 6) is 0. The van der Waals surface area contributed by atoms with E-state index in [-0.39, 0.29) is 0 Å². The first kappa shape index (κ1) is 13.2. The molecule has 0 nitrogen and oxygen atoms in total. The fraction of sp³-hybridized carbons (Fsp3) is 0.692. The van der Waals surface area contributed by atoms with Crippen molar-refractivity contribution in [2.75, 3.05) is 0 Å². The van der Waals surface area contributed by atoms with Crippen LogP contribution in [0.15, 0.2) is 9.85 Å². The predicted octanol–water partition coefficient (Wildman–Crippen LogP) is 5.59. The van der Waals surface area contributed by atoms with E-state index in [2.05, 4.69) is 35.8 Å². The summed E-state index contributed by atoms with van der Waals surface area (Å²) >= 11 is 5.51. The van der Waals surface area contributed by atoms with Crippen LogP contribution in [-0.4, -0.2) is 0 Å². The SMILES string of the molecule is CCCCCCc1cc(Br)sc1CCC. The molecule has 0 fully saturated rings. The van der Waals surface area contributed by atoms with Gasteiger partial charge in [0.05, 0.1) is 3.79 Å². The quantitative estimate of drug-likeness (QED) is 0.574. The molecule has 0 saturated carbocycles. The highest BCUT2D eigenvalue weighted by atomic mass is 79.9. The van der Waals surface area contributed by atoms with Gasteiger partial charge < -0.3 is 0 Å². The molecule has 0 saturated heterocycles. The minimum Gasteiger partial charge on any atom is -0.133 e. The summed E-state index contributed by atoms with van der Waals surface area (Å²) in [5.41, 5.74) is 1.59. The van der Waals surface area contributed by atoms with Crippen molar-refractivity contribution in [3.63, 3.8) is 0 Å². The normalized spacial score (nSPS) is 10.9. The molecule has 0 aliphatic rings. The summed E-state index contributed by atoms with van der Waals surface area (Å²) in [7, 11) is 0. The lowest BCUT2D eigenvalue weighted by molar-refractivity contribution is 0.665. The van der Waals surface area contributed by atoms with Gasteiger partial charge in [0.25, 0.3) is 0 Å². The van der Waals surface area contributed by atoms with Crippen molar-refractivity contribution in [2.24, 2.45) is 0 Å². The topological polar surface area (TPSA) is 0 Å². The van der Waals surface area contributed by atoms with Crippen LogP contribution in [0.3, 0.4) is 0 Å². The van der Waals surface area contributed by atoms with Crippen molar-refractivity contribution in [1.29, 1.82) is 0 Å². The first-order valence-electron chi connectivity index (χ1n) is 6.05. The minimum absolute atomic E-state index is 1.25. The van der Waals surface area contributed by atoms with Crippen molar-refractivity contribution < 1.29 is 0 Å². The van der Waals surface area contributed by atoms with Gasteiger partial charge in [-0.3, -0.25) is 0 Å². The van der Waals surface area contributed by atoms with Gasteiger partial charge in [-0.2, -0.15) is 0 Å². The van der Waals surface area contributed by atoms with E-state index >= 15 is 0 Å². The summed E-state index contributed by atoms with van der Waals surface area (Å²) in [5, 5.41) is 0. The molecule has 1 aromatic heterocycles. The van der Waals surface area contributed by atoms with E-state index in [1.165, 1.54) is 48.7 Å². The number of rotatable bonds is 7. The molecular weight excluding hydrogens is 268 g/mol. The summed E-state index contributed by atoms with van der Waals surface area (Å²) < 4.78 is 1.30. The van der Waals surface area contributed by atoms with E-state index in [0.717, 1.165) is 0 Å². The lowest BCUT2D eigenvalue weighted by atomic mass is 10.1. The largest absolute Gasteiger partial charge is 0.133 e. The van der Waals surface area contributed by atoms with Gasteiger partial charge in [-0.15, -0.1) is 11.3 Å². The van der Waals surface area contributed by atoms with E-state index in [0.29, 0.717) is 0 Å². The highest BCUT2D eigenvalue weighted by Gasteiger charge is 2.06. The number of hydrogen-bond donors (Lipinski definition) is 0. The molecule has 0 aliphatic carbocycles. The standard InChI is InChI=1S/C13H21BrS/c1-3-5-6-7-9-11-10-13(14)15-12(11)8-4-2/h10H,3-9H2,1-2H3. The van der Waals surface area contributed by atoms with Crippen LogP contribution in [0.5, 0.6) is 0 Å². The van der Waals surface area contributed by atoms with Crippen molar-refractivity contribution in [2.45, 2.75) is 58.8 Å². The number of halogens is 1. The maximum absolute atomic E-state index is 3.59. The molecule has 1 heterocycles. The highest BCUT2D eigenvalue weighted by molar-refractivity contribution is 9.11. The van der Waals surface area contributed by atoms with Crippen molar-refractivity contribution in [3.05, 3.63) is 20.3 Å². The Hall–Kier alpha value is 0.180. The van der Waals surface area contributed by atoms with Gasteiger partial charge in [0.2, 0.25) is 0 Å². The molecule has 0 N–H and O–H groups in total. The van der Waals surface area contributed by atoms with Crippen LogP contribution in [0.1, 0.15) is 56.4 Å². The number of hydrogen-bond acceptors (Lipinski definition) is 1. The molecule has 15 heavy (non-hydrogen) atoms. The van der Waals surface area contributed by atoms with Gasteiger partial charge in [0, 0.05) is 4.88 Å². The van der Waals surface area contributed by atoms with Crippen molar-refractivity contribution >= 4 is 27.3 Å². The fourth-order valence-electron chi connectivity index (χ4n) is 1.82. The third-order valence-corrected chi connectivity index (χ3v) is 4.38. The molecule has 0 atom stereocenters. The van der Waals surface area contributed by atoms with Crippen LogP contribution in [0, 0.1) is 0 Å². The zero-order valence-electron chi connectivity index (χ0n) is 9.81. The molecule has 0 spiro atoms. The molecule has 0 unspecified atom stereocenters. The van der Waals surface area contributed by atoms with Crippen LogP contribution in [0.2, 0.25) is 0 Å². The van der Waals surface area contributed by atoms with Gasteiger partial charge in [0.1, 0.15) is 0 Å². The predicted molar refractivity (Wildman–Crippen MR) is 73.9 cm³/mol. The Bertz CT molecular complexity index is 278. The van der Waals surface area contributed by atoms with Crippen LogP contribution in [0.25, 0.3) is 0 Å². The first-order chi connectivity index (χ1) is 7.27. The maximum atomic E-state index is 3.59. The van der Waals surface area contributed by atoms with Gasteiger partial charge in [-0.05, 0) is 46.8 Å². The van der Waals surface area contributed by atoms with Crippen molar-refractivity contribution in [1.82, 2.24) is 0 Å². The van der Waals surface area contributed by atoms with Crippen LogP contribution in [0.4, 0.5) is 0 Å². The average molecular weight is 289 g/mol. The molecule has 0 amide bonds. The third kappa shape index (κ3) is 4.69. The summed E-state index contributed by atoms with van der Waals surface area (Å²) in [6.07, 6.45) is 9.23. The molecule has 86 valence electrons. The molecule has 1 rings (SSSR count). The Balaban J connectivity index is 2.44. The Morgan fingerprint density at radius 2 is 1.87 bits per heavy atom. The number of aryl methyl sites for hydroxylation is 2. The molecular formula is C13H21BrS. The van der Waals surface area contributed by atoms with Gasteiger partial charge >= 0.3 is 0 Å². The van der Waals surface area contributed by atoms with Crippen molar-refractivity contribution in [3.8, 4) is 0 Å². The molecule has 0 aliphatic heterocycles. The third-order valence-electron chi connectivity index (χ3n) is 2.64. The van der Waals surface area contributed by atoms with E-state index in [1.54, 1.807) is 10.4 Å². The summed E-state index contributed by atoms with van der Waals surface area (Å²) in [4.78, 5) is 1.60. The second-order valence-corrected chi connectivity index (χ2v) is 6.58. The summed E-state index contributed by atoms with van der Waals surface area (Å²) in [6.45, 7) is 4.53. The van der Waals surface area contributed by atoms with Gasteiger partial charge in [0.15, 0.2) is 0 Å². The van der Waals surface area contributed by atoms with Crippen LogP contribution in [-0.2, 0) is 12.8 Å². The monoisotopic (exact) mass is 288 g/mol. The first-order valence-corrected chi connectivity index (χ1v) is 7.66. The van der Waals surface area contributed by atoms with E-state index in [1.807, 2.05) is 11.3 Å². The lowest BCUT2D eigenvalue weighted by Crippen LogP contribution is -1.89. The molecule has 0 aromatic carbocycles. The molecule has 2 heteroatoms. The highest BCUT2D eigenvalue weighted by Crippen LogP contribution is 2.29. The second kappa shape index (κ2) is 7.45. The zero-order chi connectivity index (χ0) is 11.1. The Morgan fingerprint density at radius 3 is 2.53 bits per heavy atom. The Labute approximate surface area is 106 Å². The second-order valence-electron chi connectivity index (χ2n) is 4.06. The number of unbranched alkanes of at least 4 members (excludes halogenated alkanes) is 3. The Kier molecular flexibility index (Phi) is 6.58. The van der Waals surface area contributed by atoms with E-state index < -0.39 is 0 Å². The molecule has 1 aromatic rings. The maximum Gasteiger partial charge on any atom is 0.0704 e. The van der Waals surface area contributed by atoms with Crippen LogP contribution < -0.4 is 0 Å². The molecule has 0 radical (unpaired) electrons. The Morgan fingerprint density at radius 1 is 1.07 bits per heavy atom. The minimum atomic E-state index is 1.25.